The highest BCUT2D eigenvalue weighted by Gasteiger charge is 2.35. The van der Waals surface area contributed by atoms with Gasteiger partial charge in [-0.25, -0.2) is 9.67 Å². The van der Waals surface area contributed by atoms with E-state index in [0.717, 1.165) is 48.6 Å². The lowest BCUT2D eigenvalue weighted by Gasteiger charge is -2.47. The summed E-state index contributed by atoms with van der Waals surface area (Å²) in [4.78, 5) is 20.4. The van der Waals surface area contributed by atoms with Crippen molar-refractivity contribution in [3.8, 4) is 17.1 Å². The average Bonchev–Trinajstić information content (AvgIpc) is 3.43. The third kappa shape index (κ3) is 7.01. The lowest BCUT2D eigenvalue weighted by atomic mass is 9.92. The first-order chi connectivity index (χ1) is 19.9. The maximum Gasteiger partial charge on any atom is 0.303 e. The van der Waals surface area contributed by atoms with Crippen LogP contribution in [0.25, 0.3) is 11.4 Å². The summed E-state index contributed by atoms with van der Waals surface area (Å²) in [6, 6.07) is 27.4. The first-order valence-electron chi connectivity index (χ1n) is 14.4. The van der Waals surface area contributed by atoms with Crippen LogP contribution in [0.1, 0.15) is 55.8 Å². The number of phenolic OH excluding ortho intramolecular Hbond substituents is 1. The van der Waals surface area contributed by atoms with E-state index in [1.54, 1.807) is 12.4 Å². The van der Waals surface area contributed by atoms with Crippen molar-refractivity contribution in [3.05, 3.63) is 102 Å². The number of hydrogen-bond donors (Lipinski definition) is 2. The van der Waals surface area contributed by atoms with Crippen LogP contribution in [0.5, 0.6) is 5.75 Å². The normalized spacial score (nSPS) is 18.8. The molecule has 1 fully saturated rings. The molecule has 3 atom stereocenters. The van der Waals surface area contributed by atoms with Crippen molar-refractivity contribution in [2.24, 2.45) is 0 Å². The fourth-order valence-corrected chi connectivity index (χ4v) is 5.90. The zero-order valence-corrected chi connectivity index (χ0v) is 23.8. The predicted octanol–water partition coefficient (Wildman–Crippen LogP) is 5.59. The molecule has 0 saturated carbocycles. The molecule has 1 saturated heterocycles. The third-order valence-electron chi connectivity index (χ3n) is 8.02. The molecule has 8 nitrogen and oxygen atoms in total. The second kappa shape index (κ2) is 13.1. The minimum atomic E-state index is -0.776. The van der Waals surface area contributed by atoms with Crippen molar-refractivity contribution in [3.63, 3.8) is 0 Å². The number of carboxylic acid groups (broad SMARTS) is 1. The number of aromatic hydroxyl groups is 1. The zero-order chi connectivity index (χ0) is 28.8. The van der Waals surface area contributed by atoms with Gasteiger partial charge < -0.3 is 10.2 Å². The molecule has 2 N–H and O–H groups in total. The maximum absolute atomic E-state index is 10.8. The Hall–Kier alpha value is -4.01. The number of unbranched alkanes of at least 4 members (excludes halogenated alkanes) is 1. The van der Waals surface area contributed by atoms with E-state index in [0.29, 0.717) is 25.0 Å². The van der Waals surface area contributed by atoms with Gasteiger partial charge in [-0.1, -0.05) is 66.7 Å². The van der Waals surface area contributed by atoms with E-state index in [9.17, 15) is 9.90 Å². The van der Waals surface area contributed by atoms with Gasteiger partial charge in [-0.15, -0.1) is 0 Å². The van der Waals surface area contributed by atoms with Crippen LogP contribution in [0.4, 0.5) is 0 Å². The number of hydrogen-bond acceptors (Lipinski definition) is 6. The van der Waals surface area contributed by atoms with Crippen molar-refractivity contribution in [2.45, 2.75) is 64.3 Å². The van der Waals surface area contributed by atoms with E-state index in [2.05, 4.69) is 94.4 Å². The predicted molar refractivity (Wildman–Crippen MR) is 159 cm³/mol. The van der Waals surface area contributed by atoms with E-state index in [1.807, 2.05) is 16.8 Å². The SMILES string of the molecule is C[C@@H]1CN([C@H](c2ccc(-c3ncnn3CCCCC(=O)O)cc2)c2cccc(O)c2)[C@@H](C)CN1Cc1ccccc1. The van der Waals surface area contributed by atoms with E-state index < -0.39 is 5.97 Å². The summed E-state index contributed by atoms with van der Waals surface area (Å²) in [6.07, 6.45) is 3.04. The molecule has 0 amide bonds. The van der Waals surface area contributed by atoms with E-state index in [1.165, 1.54) is 5.56 Å². The molecule has 2 heterocycles. The molecule has 214 valence electrons. The summed E-state index contributed by atoms with van der Waals surface area (Å²) in [5.74, 6) is 0.267. The second-order valence-electron chi connectivity index (χ2n) is 11.1. The van der Waals surface area contributed by atoms with Crippen LogP contribution in [0.3, 0.4) is 0 Å². The summed E-state index contributed by atoms with van der Waals surface area (Å²) in [5, 5.41) is 23.7. The van der Waals surface area contributed by atoms with Crippen LogP contribution in [-0.2, 0) is 17.9 Å². The number of aryl methyl sites for hydroxylation is 1. The Bertz CT molecular complexity index is 1420. The van der Waals surface area contributed by atoms with Crippen molar-refractivity contribution in [1.29, 1.82) is 0 Å². The second-order valence-corrected chi connectivity index (χ2v) is 11.1. The number of piperazine rings is 1. The topological polar surface area (TPSA) is 94.7 Å². The third-order valence-corrected chi connectivity index (χ3v) is 8.02. The van der Waals surface area contributed by atoms with Crippen LogP contribution in [-0.4, -0.2) is 65.9 Å². The van der Waals surface area contributed by atoms with Crippen molar-refractivity contribution >= 4 is 5.97 Å². The standard InChI is InChI=1S/C33H39N5O3/c1-24-21-37(25(2)20-36(24)22-26-9-4-3-5-10-26)32(29-11-8-12-30(39)19-29)27-14-16-28(17-15-27)33-34-23-35-38(33)18-7-6-13-31(40)41/h3-5,8-12,14-17,19,23-25,32,39H,6-7,13,18,20-22H2,1-2H3,(H,40,41)/t24-,25+,32-/m1/s1. The van der Waals surface area contributed by atoms with Crippen molar-refractivity contribution in [2.75, 3.05) is 13.1 Å². The van der Waals surface area contributed by atoms with Gasteiger partial charge >= 0.3 is 5.97 Å². The molecule has 0 spiro atoms. The minimum Gasteiger partial charge on any atom is -0.508 e. The Kier molecular flexibility index (Phi) is 9.11. The highest BCUT2D eigenvalue weighted by Crippen LogP contribution is 2.35. The minimum absolute atomic E-state index is 0.0126. The molecule has 0 radical (unpaired) electrons. The fraction of sp³-hybridized carbons (Fsp3) is 0.364. The van der Waals surface area contributed by atoms with Gasteiger partial charge in [-0.05, 0) is 55.5 Å². The van der Waals surface area contributed by atoms with Crippen LogP contribution in [0.15, 0.2) is 85.2 Å². The number of aliphatic carboxylic acids is 1. The molecule has 0 aliphatic carbocycles. The molecule has 5 rings (SSSR count). The Morgan fingerprint density at radius 1 is 0.927 bits per heavy atom. The van der Waals surface area contributed by atoms with Gasteiger partial charge in [0.2, 0.25) is 0 Å². The van der Waals surface area contributed by atoms with Gasteiger partial charge in [0.05, 0.1) is 6.04 Å². The Labute approximate surface area is 241 Å². The molecule has 8 heteroatoms. The highest BCUT2D eigenvalue weighted by molar-refractivity contribution is 5.66. The number of carbonyl (C=O) groups is 1. The maximum atomic E-state index is 10.8. The smallest absolute Gasteiger partial charge is 0.303 e. The monoisotopic (exact) mass is 553 g/mol. The number of nitrogens with zero attached hydrogens (tertiary/aromatic N) is 5. The average molecular weight is 554 g/mol. The van der Waals surface area contributed by atoms with Crippen molar-refractivity contribution < 1.29 is 15.0 Å². The largest absolute Gasteiger partial charge is 0.508 e. The Morgan fingerprint density at radius 3 is 2.44 bits per heavy atom. The Balaban J connectivity index is 1.37. The van der Waals surface area contributed by atoms with Gasteiger partial charge in [0.15, 0.2) is 5.82 Å². The molecule has 0 unspecified atom stereocenters. The lowest BCUT2D eigenvalue weighted by molar-refractivity contribution is -0.137. The molecule has 0 bridgehead atoms. The summed E-state index contributed by atoms with van der Waals surface area (Å²) >= 11 is 0. The van der Waals surface area contributed by atoms with Gasteiger partial charge in [0.1, 0.15) is 12.1 Å². The molecule has 1 aliphatic rings. The number of aromatic nitrogens is 3. The molecule has 3 aromatic carbocycles. The highest BCUT2D eigenvalue weighted by atomic mass is 16.4. The Morgan fingerprint density at radius 2 is 1.71 bits per heavy atom. The molecule has 1 aromatic heterocycles. The summed E-state index contributed by atoms with van der Waals surface area (Å²) in [6.45, 7) is 8.01. The first-order valence-corrected chi connectivity index (χ1v) is 14.4. The van der Waals surface area contributed by atoms with Gasteiger partial charge in [0, 0.05) is 50.2 Å². The van der Waals surface area contributed by atoms with Crippen LogP contribution < -0.4 is 0 Å². The van der Waals surface area contributed by atoms with Gasteiger partial charge in [-0.2, -0.15) is 5.10 Å². The zero-order valence-electron chi connectivity index (χ0n) is 23.8. The molecular formula is C33H39N5O3. The van der Waals surface area contributed by atoms with Gasteiger partial charge in [-0.3, -0.25) is 14.6 Å². The van der Waals surface area contributed by atoms with E-state index in [4.69, 9.17) is 5.11 Å². The van der Waals surface area contributed by atoms with Crippen molar-refractivity contribution in [1.82, 2.24) is 24.6 Å². The van der Waals surface area contributed by atoms with E-state index >= 15 is 0 Å². The summed E-state index contributed by atoms with van der Waals surface area (Å²) < 4.78 is 1.85. The lowest BCUT2D eigenvalue weighted by Crippen LogP contribution is -2.56. The number of rotatable bonds is 11. The van der Waals surface area contributed by atoms with Gasteiger partial charge in [0.25, 0.3) is 0 Å². The van der Waals surface area contributed by atoms with Crippen LogP contribution in [0, 0.1) is 0 Å². The number of carboxylic acids is 1. The molecule has 41 heavy (non-hydrogen) atoms. The molecule has 4 aromatic rings. The molecular weight excluding hydrogens is 514 g/mol. The molecule has 1 aliphatic heterocycles. The number of phenols is 1. The number of benzene rings is 3. The summed E-state index contributed by atoms with van der Waals surface area (Å²) in [7, 11) is 0. The summed E-state index contributed by atoms with van der Waals surface area (Å²) in [5.41, 5.74) is 4.51. The fourth-order valence-electron chi connectivity index (χ4n) is 5.90. The first kappa shape index (κ1) is 28.5. The van der Waals surface area contributed by atoms with Crippen LogP contribution in [0.2, 0.25) is 0 Å². The van der Waals surface area contributed by atoms with Crippen LogP contribution >= 0.6 is 0 Å². The van der Waals surface area contributed by atoms with E-state index in [-0.39, 0.29) is 18.2 Å². The quantitative estimate of drug-likeness (QED) is 0.234.